The number of nitrogens with zero attached hydrogens (tertiary/aromatic N) is 3. The summed E-state index contributed by atoms with van der Waals surface area (Å²) in [7, 11) is 0. The minimum atomic E-state index is 0.424. The van der Waals surface area contributed by atoms with E-state index in [2.05, 4.69) is 48.1 Å². The van der Waals surface area contributed by atoms with E-state index in [4.69, 9.17) is 4.42 Å². The van der Waals surface area contributed by atoms with Crippen molar-refractivity contribution in [1.82, 2.24) is 15.5 Å². The number of aromatic nitrogens is 2. The van der Waals surface area contributed by atoms with Crippen molar-refractivity contribution in [3.05, 3.63) is 5.89 Å². The molecule has 0 saturated carbocycles. The van der Waals surface area contributed by atoms with Gasteiger partial charge < -0.3 is 14.6 Å². The molecule has 92 valence electrons. The zero-order valence-electron chi connectivity index (χ0n) is 10.7. The molecular formula is C11H22N4O. The van der Waals surface area contributed by atoms with Crippen molar-refractivity contribution in [1.29, 1.82) is 0 Å². The van der Waals surface area contributed by atoms with Crippen molar-refractivity contribution in [2.24, 2.45) is 0 Å². The average molecular weight is 226 g/mol. The van der Waals surface area contributed by atoms with Crippen molar-refractivity contribution in [3.8, 4) is 0 Å². The maximum Gasteiger partial charge on any atom is 0.318 e. The minimum Gasteiger partial charge on any atom is -0.407 e. The lowest BCUT2D eigenvalue weighted by atomic mass is 10.4. The molecule has 0 aliphatic rings. The Labute approximate surface area is 97.2 Å². The van der Waals surface area contributed by atoms with E-state index in [1.54, 1.807) is 0 Å². The van der Waals surface area contributed by atoms with E-state index in [9.17, 15) is 0 Å². The lowest BCUT2D eigenvalue weighted by Gasteiger charge is -2.16. The smallest absolute Gasteiger partial charge is 0.318 e. The Morgan fingerprint density at radius 2 is 2.06 bits per heavy atom. The maximum atomic E-state index is 5.58. The first-order valence-corrected chi connectivity index (χ1v) is 5.98. The van der Waals surface area contributed by atoms with Crippen LogP contribution in [0.3, 0.4) is 0 Å². The van der Waals surface area contributed by atoms with E-state index in [1.165, 1.54) is 0 Å². The summed E-state index contributed by atoms with van der Waals surface area (Å²) in [4.78, 5) is 2.09. The zero-order valence-corrected chi connectivity index (χ0v) is 10.7. The molecule has 1 heterocycles. The van der Waals surface area contributed by atoms with E-state index in [1.807, 2.05) is 0 Å². The van der Waals surface area contributed by atoms with Gasteiger partial charge in [-0.2, -0.15) is 0 Å². The largest absolute Gasteiger partial charge is 0.407 e. The summed E-state index contributed by atoms with van der Waals surface area (Å²) in [6.45, 7) is 10.9. The van der Waals surface area contributed by atoms with E-state index in [-0.39, 0.29) is 0 Å². The molecule has 1 aromatic heterocycles. The third-order valence-electron chi connectivity index (χ3n) is 2.26. The first-order chi connectivity index (χ1) is 7.67. The van der Waals surface area contributed by atoms with Crippen molar-refractivity contribution in [3.63, 3.8) is 0 Å². The fraction of sp³-hybridized carbons (Fsp3) is 0.818. The predicted octanol–water partition coefficient (Wildman–Crippen LogP) is 1.80. The van der Waals surface area contributed by atoms with Gasteiger partial charge in [-0.25, -0.2) is 0 Å². The van der Waals surface area contributed by atoms with Crippen molar-refractivity contribution in [2.75, 3.05) is 18.0 Å². The fourth-order valence-corrected chi connectivity index (χ4v) is 1.39. The van der Waals surface area contributed by atoms with Crippen LogP contribution in [0, 0.1) is 0 Å². The van der Waals surface area contributed by atoms with Gasteiger partial charge in [-0.1, -0.05) is 25.9 Å². The summed E-state index contributed by atoms with van der Waals surface area (Å²) in [5.74, 6) is 0.651. The van der Waals surface area contributed by atoms with Crippen LogP contribution in [0.2, 0.25) is 0 Å². The third-order valence-corrected chi connectivity index (χ3v) is 2.26. The first-order valence-electron chi connectivity index (χ1n) is 5.98. The second-order valence-corrected chi connectivity index (χ2v) is 4.09. The van der Waals surface area contributed by atoms with E-state index in [0.29, 0.717) is 24.5 Å². The van der Waals surface area contributed by atoms with Crippen molar-refractivity contribution >= 4 is 6.01 Å². The van der Waals surface area contributed by atoms with Crippen LogP contribution >= 0.6 is 0 Å². The highest BCUT2D eigenvalue weighted by atomic mass is 16.4. The fourth-order valence-electron chi connectivity index (χ4n) is 1.39. The quantitative estimate of drug-likeness (QED) is 0.768. The van der Waals surface area contributed by atoms with Crippen LogP contribution in [-0.2, 0) is 6.54 Å². The molecule has 0 radical (unpaired) electrons. The Morgan fingerprint density at radius 1 is 1.31 bits per heavy atom. The van der Waals surface area contributed by atoms with Gasteiger partial charge in [-0.3, -0.25) is 0 Å². The Bertz CT molecular complexity index is 298. The summed E-state index contributed by atoms with van der Waals surface area (Å²) in [6.07, 6.45) is 1.08. The summed E-state index contributed by atoms with van der Waals surface area (Å²) < 4.78 is 5.58. The molecule has 16 heavy (non-hydrogen) atoms. The van der Waals surface area contributed by atoms with Crippen LogP contribution in [0.4, 0.5) is 6.01 Å². The lowest BCUT2D eigenvalue weighted by Crippen LogP contribution is -2.23. The number of nitrogens with one attached hydrogen (secondary N) is 1. The molecule has 5 nitrogen and oxygen atoms in total. The summed E-state index contributed by atoms with van der Waals surface area (Å²) in [5.41, 5.74) is 0. The molecule has 5 heteroatoms. The van der Waals surface area contributed by atoms with Crippen LogP contribution in [-0.4, -0.2) is 29.3 Å². The topological polar surface area (TPSA) is 54.2 Å². The van der Waals surface area contributed by atoms with Crippen LogP contribution < -0.4 is 10.2 Å². The first kappa shape index (κ1) is 13.0. The SMILES string of the molecule is CCCN(CC)c1nnc(CNC(C)C)o1. The number of anilines is 1. The van der Waals surface area contributed by atoms with Gasteiger partial charge in [0.2, 0.25) is 5.89 Å². The molecule has 0 aliphatic carbocycles. The average Bonchev–Trinajstić information content (AvgIpc) is 2.71. The van der Waals surface area contributed by atoms with Crippen LogP contribution in [0.15, 0.2) is 4.42 Å². The molecule has 0 amide bonds. The van der Waals surface area contributed by atoms with Crippen LogP contribution in [0.25, 0.3) is 0 Å². The van der Waals surface area contributed by atoms with E-state index in [0.717, 1.165) is 19.5 Å². The second-order valence-electron chi connectivity index (χ2n) is 4.09. The zero-order chi connectivity index (χ0) is 12.0. The molecule has 1 rings (SSSR count). The highest BCUT2D eigenvalue weighted by Gasteiger charge is 2.11. The summed E-state index contributed by atoms with van der Waals surface area (Å²) >= 11 is 0. The van der Waals surface area contributed by atoms with Crippen LogP contribution in [0.5, 0.6) is 0 Å². The van der Waals surface area contributed by atoms with Gasteiger partial charge >= 0.3 is 6.01 Å². The van der Waals surface area contributed by atoms with Crippen molar-refractivity contribution in [2.45, 2.75) is 46.7 Å². The number of rotatable bonds is 7. The Kier molecular flexibility index (Phi) is 5.25. The number of hydrogen-bond acceptors (Lipinski definition) is 5. The highest BCUT2D eigenvalue weighted by Crippen LogP contribution is 2.12. The molecule has 0 unspecified atom stereocenters. The van der Waals surface area contributed by atoms with Gasteiger partial charge in [-0.05, 0) is 13.3 Å². The summed E-state index contributed by atoms with van der Waals surface area (Å²) in [6, 6.07) is 1.05. The standard InChI is InChI=1S/C11H22N4O/c1-5-7-15(6-2)11-14-13-10(16-11)8-12-9(3)4/h9,12H,5-8H2,1-4H3. The van der Waals surface area contributed by atoms with Gasteiger partial charge in [0.1, 0.15) is 0 Å². The lowest BCUT2D eigenvalue weighted by molar-refractivity contribution is 0.446. The Hall–Kier alpha value is -1.10. The van der Waals surface area contributed by atoms with E-state index >= 15 is 0 Å². The molecule has 1 aromatic rings. The van der Waals surface area contributed by atoms with Gasteiger partial charge in [0.05, 0.1) is 6.54 Å². The monoisotopic (exact) mass is 226 g/mol. The second kappa shape index (κ2) is 6.48. The Balaban J connectivity index is 2.55. The molecule has 0 spiro atoms. The normalized spacial score (nSPS) is 11.1. The maximum absolute atomic E-state index is 5.58. The molecule has 1 N–H and O–H groups in total. The molecule has 0 fully saturated rings. The minimum absolute atomic E-state index is 0.424. The molecule has 0 atom stereocenters. The molecule has 0 bridgehead atoms. The van der Waals surface area contributed by atoms with E-state index < -0.39 is 0 Å². The van der Waals surface area contributed by atoms with Gasteiger partial charge in [0.25, 0.3) is 0 Å². The number of hydrogen-bond donors (Lipinski definition) is 1. The molecular weight excluding hydrogens is 204 g/mol. The van der Waals surface area contributed by atoms with Gasteiger partial charge in [-0.15, -0.1) is 5.10 Å². The van der Waals surface area contributed by atoms with Crippen LogP contribution in [0.1, 0.15) is 40.0 Å². The summed E-state index contributed by atoms with van der Waals surface area (Å²) in [5, 5.41) is 11.3. The van der Waals surface area contributed by atoms with Gasteiger partial charge in [0.15, 0.2) is 0 Å². The van der Waals surface area contributed by atoms with Gasteiger partial charge in [0, 0.05) is 19.1 Å². The third kappa shape index (κ3) is 3.81. The Morgan fingerprint density at radius 3 is 2.62 bits per heavy atom. The highest BCUT2D eigenvalue weighted by molar-refractivity contribution is 5.22. The van der Waals surface area contributed by atoms with Crippen molar-refractivity contribution < 1.29 is 4.42 Å². The molecule has 0 aromatic carbocycles. The predicted molar refractivity (Wildman–Crippen MR) is 64.5 cm³/mol. The molecule has 0 aliphatic heterocycles. The molecule has 0 saturated heterocycles.